The van der Waals surface area contributed by atoms with E-state index in [1.165, 1.54) is 6.07 Å². The zero-order valence-corrected chi connectivity index (χ0v) is 19.3. The van der Waals surface area contributed by atoms with Gasteiger partial charge in [-0.05, 0) is 62.2 Å². The quantitative estimate of drug-likeness (QED) is 0.583. The first-order valence-corrected chi connectivity index (χ1v) is 11.3. The minimum absolute atomic E-state index is 0.0498. The molecule has 7 nitrogen and oxygen atoms in total. The minimum Gasteiger partial charge on any atom is -0.355 e. The zero-order valence-electron chi connectivity index (χ0n) is 19.3. The summed E-state index contributed by atoms with van der Waals surface area (Å²) in [5.41, 5.74) is 3.25. The maximum absolute atomic E-state index is 13.7. The summed E-state index contributed by atoms with van der Waals surface area (Å²) in [6.07, 6.45) is 2.43. The second-order valence-electron chi connectivity index (χ2n) is 8.45. The molecule has 0 saturated carbocycles. The average molecular weight is 462 g/mol. The van der Waals surface area contributed by atoms with E-state index < -0.39 is 6.03 Å². The molecule has 1 aliphatic rings. The van der Waals surface area contributed by atoms with Crippen molar-refractivity contribution in [2.24, 2.45) is 0 Å². The summed E-state index contributed by atoms with van der Waals surface area (Å²) in [5.74, 6) is 0.463. The van der Waals surface area contributed by atoms with E-state index >= 15 is 0 Å². The molecule has 4 rings (SSSR count). The lowest BCUT2D eigenvalue weighted by Gasteiger charge is -2.23. The van der Waals surface area contributed by atoms with Crippen LogP contribution < -0.4 is 15.5 Å². The number of anilines is 3. The van der Waals surface area contributed by atoms with E-state index in [-0.39, 0.29) is 11.7 Å². The van der Waals surface area contributed by atoms with Crippen molar-refractivity contribution in [1.82, 2.24) is 9.88 Å². The molecule has 3 amide bonds. The molecule has 1 saturated heterocycles. The molecule has 0 bridgehead atoms. The smallest absolute Gasteiger partial charge is 0.323 e. The molecule has 0 aliphatic carbocycles. The molecule has 176 valence electrons. The number of benzene rings is 2. The van der Waals surface area contributed by atoms with Gasteiger partial charge in [0.15, 0.2) is 0 Å². The Bertz CT molecular complexity index is 1160. The first kappa shape index (κ1) is 23.2. The monoisotopic (exact) mass is 461 g/mol. The van der Waals surface area contributed by atoms with Crippen LogP contribution in [-0.4, -0.2) is 48.0 Å². The van der Waals surface area contributed by atoms with Crippen LogP contribution in [0.4, 0.5) is 26.4 Å². The van der Waals surface area contributed by atoms with Gasteiger partial charge in [0.25, 0.3) is 5.91 Å². The summed E-state index contributed by atoms with van der Waals surface area (Å²) < 4.78 is 13.7. The van der Waals surface area contributed by atoms with Crippen LogP contribution in [0, 0.1) is 19.7 Å². The van der Waals surface area contributed by atoms with Crippen LogP contribution in [0.25, 0.3) is 0 Å². The highest BCUT2D eigenvalue weighted by molar-refractivity contribution is 5.99. The lowest BCUT2D eigenvalue weighted by Crippen LogP contribution is -2.35. The Morgan fingerprint density at radius 1 is 0.882 bits per heavy atom. The molecule has 1 aliphatic heterocycles. The largest absolute Gasteiger partial charge is 0.355 e. The lowest BCUT2D eigenvalue weighted by atomic mass is 10.1. The number of amides is 3. The fourth-order valence-corrected chi connectivity index (χ4v) is 3.84. The summed E-state index contributed by atoms with van der Waals surface area (Å²) in [6, 6.07) is 15.3. The molecule has 1 aromatic heterocycles. The van der Waals surface area contributed by atoms with Crippen molar-refractivity contribution in [3.63, 3.8) is 0 Å². The predicted molar refractivity (Wildman–Crippen MR) is 132 cm³/mol. The molecule has 1 fully saturated rings. The van der Waals surface area contributed by atoms with Crippen molar-refractivity contribution in [1.29, 1.82) is 0 Å². The number of urea groups is 1. The zero-order chi connectivity index (χ0) is 24.1. The maximum Gasteiger partial charge on any atom is 0.323 e. The number of halogens is 1. The Morgan fingerprint density at radius 2 is 1.62 bits per heavy atom. The van der Waals surface area contributed by atoms with Gasteiger partial charge in [-0.15, -0.1) is 0 Å². The molecule has 0 spiro atoms. The molecule has 8 heteroatoms. The second-order valence-corrected chi connectivity index (χ2v) is 8.45. The van der Waals surface area contributed by atoms with Crippen molar-refractivity contribution in [2.75, 3.05) is 41.7 Å². The number of nitrogens with one attached hydrogen (secondary N) is 2. The van der Waals surface area contributed by atoms with Gasteiger partial charge in [-0.25, -0.2) is 14.2 Å². The number of hydrogen-bond acceptors (Lipinski definition) is 4. The van der Waals surface area contributed by atoms with E-state index in [0.717, 1.165) is 24.3 Å². The maximum atomic E-state index is 13.7. The highest BCUT2D eigenvalue weighted by atomic mass is 19.1. The van der Waals surface area contributed by atoms with E-state index in [2.05, 4.69) is 20.5 Å². The van der Waals surface area contributed by atoms with Crippen LogP contribution in [0.5, 0.6) is 0 Å². The number of aryl methyl sites for hydroxylation is 2. The van der Waals surface area contributed by atoms with Crippen LogP contribution in [0.1, 0.15) is 27.9 Å². The fourth-order valence-electron chi connectivity index (χ4n) is 3.84. The molecule has 2 heterocycles. The van der Waals surface area contributed by atoms with Gasteiger partial charge in [-0.2, -0.15) is 0 Å². The van der Waals surface area contributed by atoms with E-state index in [4.69, 9.17) is 0 Å². The standard InChI is InChI=1S/C26H28FN5O2/c1-18-4-7-20(8-5-18)25(33)32-13-3-12-31(14-15-32)24-11-10-22(17-28-24)30-26(34)29-21-9-6-19(2)23(27)16-21/h4-11,16-17H,3,12-15H2,1-2H3,(H2,29,30,34). The molecule has 2 aromatic carbocycles. The topological polar surface area (TPSA) is 77.6 Å². The van der Waals surface area contributed by atoms with E-state index in [1.807, 2.05) is 42.2 Å². The van der Waals surface area contributed by atoms with Crippen LogP contribution >= 0.6 is 0 Å². The number of carbonyl (C=O) groups is 2. The molecule has 3 aromatic rings. The van der Waals surface area contributed by atoms with Crippen molar-refractivity contribution in [3.05, 3.63) is 83.3 Å². The Labute approximate surface area is 198 Å². The highest BCUT2D eigenvalue weighted by Crippen LogP contribution is 2.19. The third-order valence-corrected chi connectivity index (χ3v) is 5.84. The van der Waals surface area contributed by atoms with Gasteiger partial charge in [0.1, 0.15) is 11.6 Å². The normalized spacial score (nSPS) is 13.9. The molecule has 34 heavy (non-hydrogen) atoms. The van der Waals surface area contributed by atoms with Crippen LogP contribution in [-0.2, 0) is 0 Å². The SMILES string of the molecule is Cc1ccc(C(=O)N2CCCN(c3ccc(NC(=O)Nc4ccc(C)c(F)c4)cn3)CC2)cc1. The van der Waals surface area contributed by atoms with Crippen LogP contribution in [0.2, 0.25) is 0 Å². The van der Waals surface area contributed by atoms with E-state index in [9.17, 15) is 14.0 Å². The Balaban J connectivity index is 1.32. The van der Waals surface area contributed by atoms with Gasteiger partial charge in [0.2, 0.25) is 0 Å². The van der Waals surface area contributed by atoms with Gasteiger partial charge in [-0.1, -0.05) is 23.8 Å². The minimum atomic E-state index is -0.474. The van der Waals surface area contributed by atoms with Crippen LogP contribution in [0.15, 0.2) is 60.8 Å². The molecule has 0 atom stereocenters. The number of rotatable bonds is 4. The number of pyridine rings is 1. The first-order valence-electron chi connectivity index (χ1n) is 11.3. The fraction of sp³-hybridized carbons (Fsp3) is 0.269. The summed E-state index contributed by atoms with van der Waals surface area (Å²) in [4.78, 5) is 33.6. The molecular weight excluding hydrogens is 433 g/mol. The highest BCUT2D eigenvalue weighted by Gasteiger charge is 2.21. The number of aromatic nitrogens is 1. The second kappa shape index (κ2) is 10.3. The van der Waals surface area contributed by atoms with Gasteiger partial charge in [0, 0.05) is 37.4 Å². The Kier molecular flexibility index (Phi) is 7.06. The van der Waals surface area contributed by atoms with Crippen molar-refractivity contribution >= 4 is 29.1 Å². The third kappa shape index (κ3) is 5.70. The van der Waals surface area contributed by atoms with Gasteiger partial charge in [-0.3, -0.25) is 4.79 Å². The third-order valence-electron chi connectivity index (χ3n) is 5.84. The van der Waals surface area contributed by atoms with Gasteiger partial charge >= 0.3 is 6.03 Å². The first-order chi connectivity index (χ1) is 16.4. The lowest BCUT2D eigenvalue weighted by molar-refractivity contribution is 0.0767. The van der Waals surface area contributed by atoms with Crippen molar-refractivity contribution in [2.45, 2.75) is 20.3 Å². The summed E-state index contributed by atoms with van der Waals surface area (Å²) in [6.45, 7) is 6.44. The summed E-state index contributed by atoms with van der Waals surface area (Å²) in [5, 5.41) is 5.32. The summed E-state index contributed by atoms with van der Waals surface area (Å²) >= 11 is 0. The van der Waals surface area contributed by atoms with Gasteiger partial charge in [0.05, 0.1) is 11.9 Å². The average Bonchev–Trinajstić information content (AvgIpc) is 3.08. The van der Waals surface area contributed by atoms with Crippen molar-refractivity contribution in [3.8, 4) is 0 Å². The molecular formula is C26H28FN5O2. The molecule has 0 radical (unpaired) electrons. The van der Waals surface area contributed by atoms with E-state index in [1.54, 1.807) is 31.3 Å². The van der Waals surface area contributed by atoms with Crippen molar-refractivity contribution < 1.29 is 14.0 Å². The molecule has 0 unspecified atom stereocenters. The predicted octanol–water partition coefficient (Wildman–Crippen LogP) is 4.83. The number of carbonyl (C=O) groups excluding carboxylic acids is 2. The van der Waals surface area contributed by atoms with Crippen LogP contribution in [0.3, 0.4) is 0 Å². The molecule has 2 N–H and O–H groups in total. The van der Waals surface area contributed by atoms with E-state index in [0.29, 0.717) is 42.1 Å². The Morgan fingerprint density at radius 3 is 2.32 bits per heavy atom. The Hall–Kier alpha value is -3.94. The number of hydrogen-bond donors (Lipinski definition) is 2. The number of nitrogens with zero attached hydrogens (tertiary/aromatic N) is 3. The summed E-state index contributed by atoms with van der Waals surface area (Å²) in [7, 11) is 0. The van der Waals surface area contributed by atoms with Gasteiger partial charge < -0.3 is 20.4 Å².